The Kier molecular flexibility index (Phi) is 5.05. The van der Waals surface area contributed by atoms with Gasteiger partial charge >= 0.3 is 0 Å². The summed E-state index contributed by atoms with van der Waals surface area (Å²) in [6.07, 6.45) is 2.79. The fraction of sp³-hybridized carbons (Fsp3) is 0.529. The van der Waals surface area contributed by atoms with Gasteiger partial charge in [0.05, 0.1) is 16.8 Å². The summed E-state index contributed by atoms with van der Waals surface area (Å²) in [5.41, 5.74) is 1.09. The predicted molar refractivity (Wildman–Crippen MR) is 91.0 cm³/mol. The number of para-hydroxylation sites is 1. The van der Waals surface area contributed by atoms with Crippen molar-refractivity contribution in [1.29, 1.82) is 0 Å². The Morgan fingerprint density at radius 1 is 1.23 bits per heavy atom. The van der Waals surface area contributed by atoms with Crippen LogP contribution in [-0.2, 0) is 11.3 Å². The molecule has 4 nitrogen and oxygen atoms in total. The lowest BCUT2D eigenvalue weighted by atomic mass is 10.2. The Morgan fingerprint density at radius 2 is 2.00 bits per heavy atom. The van der Waals surface area contributed by atoms with E-state index in [1.165, 1.54) is 9.71 Å². The van der Waals surface area contributed by atoms with Crippen LogP contribution in [0.4, 0.5) is 0 Å². The van der Waals surface area contributed by atoms with Crippen LogP contribution in [0.15, 0.2) is 24.3 Å². The Morgan fingerprint density at radius 3 is 2.73 bits per heavy atom. The number of benzene rings is 1. The lowest BCUT2D eigenvalue weighted by molar-refractivity contribution is -0.133. The van der Waals surface area contributed by atoms with Crippen LogP contribution in [0.1, 0.15) is 31.2 Å². The van der Waals surface area contributed by atoms with Gasteiger partial charge in [-0.2, -0.15) is 0 Å². The van der Waals surface area contributed by atoms with Crippen molar-refractivity contribution in [3.63, 3.8) is 0 Å². The highest BCUT2D eigenvalue weighted by Crippen LogP contribution is 2.23. The molecule has 0 N–H and O–H groups in total. The molecule has 0 aliphatic carbocycles. The fourth-order valence-corrected chi connectivity index (χ4v) is 3.83. The minimum Gasteiger partial charge on any atom is -0.340 e. The molecule has 0 atom stereocenters. The van der Waals surface area contributed by atoms with Crippen molar-refractivity contribution in [2.24, 2.45) is 0 Å². The fourth-order valence-electron chi connectivity index (χ4n) is 2.82. The number of unbranched alkanes of at least 4 members (excludes halogenated alkanes) is 1. The van der Waals surface area contributed by atoms with Gasteiger partial charge in [0.15, 0.2) is 0 Å². The summed E-state index contributed by atoms with van der Waals surface area (Å²) in [6, 6.07) is 8.29. The second kappa shape index (κ2) is 7.20. The van der Waals surface area contributed by atoms with Gasteiger partial charge in [0, 0.05) is 32.6 Å². The van der Waals surface area contributed by atoms with E-state index in [1.54, 1.807) is 11.3 Å². The Bertz CT molecular complexity index is 599. The molecule has 1 saturated heterocycles. The zero-order valence-corrected chi connectivity index (χ0v) is 13.9. The molecule has 1 aliphatic rings. The van der Waals surface area contributed by atoms with Crippen LogP contribution in [0.2, 0.25) is 0 Å². The third-order valence-electron chi connectivity index (χ3n) is 4.17. The predicted octanol–water partition coefficient (Wildman–Crippen LogP) is 3.13. The molecule has 0 spiro atoms. The summed E-state index contributed by atoms with van der Waals surface area (Å²) >= 11 is 1.78. The highest BCUT2D eigenvalue weighted by Gasteiger charge is 2.21. The molecule has 0 radical (unpaired) electrons. The first kappa shape index (κ1) is 15.4. The maximum absolute atomic E-state index is 12.0. The van der Waals surface area contributed by atoms with E-state index in [9.17, 15) is 4.79 Å². The van der Waals surface area contributed by atoms with E-state index >= 15 is 0 Å². The molecule has 0 bridgehead atoms. The molecule has 0 unspecified atom stereocenters. The van der Waals surface area contributed by atoms with E-state index in [0.717, 1.165) is 51.1 Å². The largest absolute Gasteiger partial charge is 0.340 e. The summed E-state index contributed by atoms with van der Waals surface area (Å²) in [7, 11) is 0. The van der Waals surface area contributed by atoms with Crippen LogP contribution in [-0.4, -0.2) is 46.9 Å². The van der Waals surface area contributed by atoms with Gasteiger partial charge in [0.25, 0.3) is 0 Å². The van der Waals surface area contributed by atoms with Crippen molar-refractivity contribution < 1.29 is 4.79 Å². The second-order valence-corrected chi connectivity index (χ2v) is 6.95. The zero-order chi connectivity index (χ0) is 15.4. The monoisotopic (exact) mass is 317 g/mol. The Hall–Kier alpha value is -1.46. The number of aromatic nitrogens is 1. The smallest absolute Gasteiger partial charge is 0.222 e. The van der Waals surface area contributed by atoms with Gasteiger partial charge < -0.3 is 4.90 Å². The first-order valence-corrected chi connectivity index (χ1v) is 8.92. The number of hydrogen-bond acceptors (Lipinski definition) is 4. The van der Waals surface area contributed by atoms with Gasteiger partial charge in [-0.3, -0.25) is 9.69 Å². The van der Waals surface area contributed by atoms with Crippen molar-refractivity contribution in [1.82, 2.24) is 14.8 Å². The maximum atomic E-state index is 12.0. The minimum atomic E-state index is 0.321. The number of carbonyl (C=O) groups excluding carboxylic acids is 1. The summed E-state index contributed by atoms with van der Waals surface area (Å²) in [5.74, 6) is 0.321. The van der Waals surface area contributed by atoms with Crippen LogP contribution in [0.5, 0.6) is 0 Å². The molecule has 1 aromatic carbocycles. The third-order valence-corrected chi connectivity index (χ3v) is 5.19. The van der Waals surface area contributed by atoms with Crippen molar-refractivity contribution in [2.45, 2.75) is 32.7 Å². The summed E-state index contributed by atoms with van der Waals surface area (Å²) in [6.45, 7) is 6.64. The molecule has 1 amide bonds. The molecule has 1 aliphatic heterocycles. The lowest BCUT2D eigenvalue weighted by Gasteiger charge is -2.34. The van der Waals surface area contributed by atoms with E-state index in [2.05, 4.69) is 30.0 Å². The van der Waals surface area contributed by atoms with E-state index in [0.29, 0.717) is 12.3 Å². The first-order chi connectivity index (χ1) is 10.8. The number of amides is 1. The molecule has 2 heterocycles. The standard InChI is InChI=1S/C17H23N3OS/c1-2-3-8-17(21)20-11-9-19(10-12-20)13-16-18-14-6-4-5-7-15(14)22-16/h4-7H,2-3,8-13H2,1H3. The molecule has 118 valence electrons. The highest BCUT2D eigenvalue weighted by molar-refractivity contribution is 7.18. The molecule has 22 heavy (non-hydrogen) atoms. The minimum absolute atomic E-state index is 0.321. The van der Waals surface area contributed by atoms with E-state index in [4.69, 9.17) is 4.98 Å². The number of fused-ring (bicyclic) bond motifs is 1. The number of hydrogen-bond donors (Lipinski definition) is 0. The van der Waals surface area contributed by atoms with Crippen LogP contribution in [0.3, 0.4) is 0 Å². The van der Waals surface area contributed by atoms with Gasteiger partial charge in [-0.15, -0.1) is 11.3 Å². The van der Waals surface area contributed by atoms with Crippen molar-refractivity contribution >= 4 is 27.5 Å². The summed E-state index contributed by atoms with van der Waals surface area (Å²) < 4.78 is 1.26. The summed E-state index contributed by atoms with van der Waals surface area (Å²) in [5, 5.41) is 1.17. The van der Waals surface area contributed by atoms with Crippen LogP contribution >= 0.6 is 11.3 Å². The molecule has 1 fully saturated rings. The number of carbonyl (C=O) groups is 1. The quantitative estimate of drug-likeness (QED) is 0.850. The van der Waals surface area contributed by atoms with Crippen molar-refractivity contribution in [3.05, 3.63) is 29.3 Å². The number of thiazole rings is 1. The van der Waals surface area contributed by atoms with E-state index in [-0.39, 0.29) is 0 Å². The normalized spacial score (nSPS) is 16.3. The lowest BCUT2D eigenvalue weighted by Crippen LogP contribution is -2.48. The average molecular weight is 317 g/mol. The second-order valence-electron chi connectivity index (χ2n) is 5.84. The van der Waals surface area contributed by atoms with Crippen LogP contribution in [0, 0.1) is 0 Å². The molecule has 1 aromatic heterocycles. The topological polar surface area (TPSA) is 36.4 Å². The maximum Gasteiger partial charge on any atom is 0.222 e. The van der Waals surface area contributed by atoms with E-state index in [1.807, 2.05) is 11.0 Å². The SMILES string of the molecule is CCCCC(=O)N1CCN(Cc2nc3ccccc3s2)CC1. The number of rotatable bonds is 5. The van der Waals surface area contributed by atoms with Gasteiger partial charge in [0.1, 0.15) is 5.01 Å². The molecule has 5 heteroatoms. The van der Waals surface area contributed by atoms with Crippen LogP contribution < -0.4 is 0 Å². The summed E-state index contributed by atoms with van der Waals surface area (Å²) in [4.78, 5) is 21.2. The van der Waals surface area contributed by atoms with Gasteiger partial charge in [-0.25, -0.2) is 4.98 Å². The van der Waals surface area contributed by atoms with Gasteiger partial charge in [0.2, 0.25) is 5.91 Å². The zero-order valence-electron chi connectivity index (χ0n) is 13.1. The third kappa shape index (κ3) is 3.65. The van der Waals surface area contributed by atoms with Crippen molar-refractivity contribution in [3.8, 4) is 0 Å². The van der Waals surface area contributed by atoms with Gasteiger partial charge in [-0.1, -0.05) is 25.5 Å². The van der Waals surface area contributed by atoms with Crippen LogP contribution in [0.25, 0.3) is 10.2 Å². The molecule has 2 aromatic rings. The molecule has 3 rings (SSSR count). The Labute approximate surface area is 135 Å². The first-order valence-electron chi connectivity index (χ1n) is 8.11. The average Bonchev–Trinajstić information content (AvgIpc) is 2.95. The van der Waals surface area contributed by atoms with E-state index < -0.39 is 0 Å². The molecular weight excluding hydrogens is 294 g/mol. The number of piperazine rings is 1. The van der Waals surface area contributed by atoms with Gasteiger partial charge in [-0.05, 0) is 18.6 Å². The molecule has 0 saturated carbocycles. The highest BCUT2D eigenvalue weighted by atomic mass is 32.1. The molecular formula is C17H23N3OS. The Balaban J connectivity index is 1.52. The number of nitrogens with zero attached hydrogens (tertiary/aromatic N) is 3. The van der Waals surface area contributed by atoms with Crippen molar-refractivity contribution in [2.75, 3.05) is 26.2 Å².